The lowest BCUT2D eigenvalue weighted by molar-refractivity contribution is -0.274. The van der Waals surface area contributed by atoms with Crippen LogP contribution in [0.1, 0.15) is 22.5 Å². The second-order valence-electron chi connectivity index (χ2n) is 5.77. The summed E-state index contributed by atoms with van der Waals surface area (Å²) < 4.78 is 45.9. The Hall–Kier alpha value is -3.21. The largest absolute Gasteiger partial charge is 0.573 e. The molecular formula is C18H15F3N4O3S. The number of alkyl halides is 3. The maximum Gasteiger partial charge on any atom is 0.573 e. The van der Waals surface area contributed by atoms with E-state index in [9.17, 15) is 18.0 Å². The van der Waals surface area contributed by atoms with Crippen LogP contribution in [-0.2, 0) is 11.3 Å². The molecule has 3 rings (SSSR count). The van der Waals surface area contributed by atoms with Crippen molar-refractivity contribution in [3.8, 4) is 5.75 Å². The van der Waals surface area contributed by atoms with Crippen molar-refractivity contribution in [2.45, 2.75) is 26.8 Å². The smallest absolute Gasteiger partial charge is 0.407 e. The lowest BCUT2D eigenvalue weighted by Gasteiger charge is -2.13. The molecule has 29 heavy (non-hydrogen) atoms. The number of cyclic esters (lactones) is 1. The van der Waals surface area contributed by atoms with Gasteiger partial charge in [0.15, 0.2) is 11.6 Å². The van der Waals surface area contributed by atoms with Gasteiger partial charge in [0.2, 0.25) is 0 Å². The number of carbonyl (C=O) groups excluding carboxylic acids is 1. The molecule has 0 bridgehead atoms. The van der Waals surface area contributed by atoms with E-state index in [4.69, 9.17) is 4.74 Å². The fraction of sp³-hybridized carbons (Fsp3) is 0.222. The Bertz CT molecular complexity index is 997. The minimum Gasteiger partial charge on any atom is -0.407 e. The summed E-state index contributed by atoms with van der Waals surface area (Å²) in [5, 5.41) is 9.24. The molecule has 11 heteroatoms. The van der Waals surface area contributed by atoms with E-state index in [2.05, 4.69) is 26.5 Å². The number of halogens is 3. The maximum atomic E-state index is 12.3. The standard InChI is InChI=1S/C18H15F3N4O3S/c1-4-14(12-5-7-13(8-6-12)28-18(19,20)21)22-16-10(2)27-17(26)25(16)9-15-24-23-11(3)29-15/h4-8H,2,9H2,1,3H3/b14-4-,22-16?. The molecule has 0 N–H and O–H groups in total. The first-order valence-electron chi connectivity index (χ1n) is 8.25. The molecule has 2 heterocycles. The summed E-state index contributed by atoms with van der Waals surface area (Å²) in [6.07, 6.45) is -3.77. The van der Waals surface area contributed by atoms with Crippen molar-refractivity contribution >= 4 is 29.0 Å². The number of benzene rings is 1. The van der Waals surface area contributed by atoms with Crippen LogP contribution in [0.2, 0.25) is 0 Å². The van der Waals surface area contributed by atoms with Crippen LogP contribution in [0.5, 0.6) is 5.75 Å². The Labute approximate surface area is 167 Å². The molecule has 2 aromatic rings. The summed E-state index contributed by atoms with van der Waals surface area (Å²) in [5.74, 6) is -0.0967. The predicted octanol–water partition coefficient (Wildman–Crippen LogP) is 4.67. The zero-order valence-corrected chi connectivity index (χ0v) is 16.2. The molecule has 0 spiro atoms. The summed E-state index contributed by atoms with van der Waals surface area (Å²) in [5.41, 5.74) is 0.935. The van der Waals surface area contributed by atoms with E-state index in [1.165, 1.54) is 40.5 Å². The van der Waals surface area contributed by atoms with Crippen LogP contribution >= 0.6 is 11.3 Å². The number of carbonyl (C=O) groups is 1. The highest BCUT2D eigenvalue weighted by Crippen LogP contribution is 2.27. The maximum absolute atomic E-state index is 12.3. The third-order valence-corrected chi connectivity index (χ3v) is 4.50. The number of aryl methyl sites for hydroxylation is 1. The number of aromatic nitrogens is 2. The molecule has 1 aromatic carbocycles. The molecule has 0 saturated carbocycles. The van der Waals surface area contributed by atoms with E-state index in [0.29, 0.717) is 16.3 Å². The van der Waals surface area contributed by atoms with Crippen molar-refractivity contribution in [3.63, 3.8) is 0 Å². The van der Waals surface area contributed by atoms with E-state index in [-0.39, 0.29) is 23.9 Å². The molecule has 1 saturated heterocycles. The van der Waals surface area contributed by atoms with Gasteiger partial charge in [0.1, 0.15) is 15.8 Å². The Kier molecular flexibility index (Phi) is 5.69. The normalized spacial score (nSPS) is 16.5. The lowest BCUT2D eigenvalue weighted by Crippen LogP contribution is -2.28. The Morgan fingerprint density at radius 1 is 1.34 bits per heavy atom. The zero-order valence-electron chi connectivity index (χ0n) is 15.4. The van der Waals surface area contributed by atoms with Crippen molar-refractivity contribution in [1.29, 1.82) is 0 Å². The number of hydrogen-bond acceptors (Lipinski definition) is 7. The molecule has 0 atom stereocenters. The van der Waals surface area contributed by atoms with Gasteiger partial charge in [0.25, 0.3) is 0 Å². The van der Waals surface area contributed by atoms with Crippen molar-refractivity contribution in [2.75, 3.05) is 0 Å². The summed E-state index contributed by atoms with van der Waals surface area (Å²) in [4.78, 5) is 17.9. The average molecular weight is 424 g/mol. The summed E-state index contributed by atoms with van der Waals surface area (Å²) in [6, 6.07) is 5.22. The van der Waals surface area contributed by atoms with Gasteiger partial charge in [-0.25, -0.2) is 9.79 Å². The lowest BCUT2D eigenvalue weighted by atomic mass is 10.1. The van der Waals surface area contributed by atoms with Gasteiger partial charge in [-0.3, -0.25) is 4.90 Å². The number of aliphatic imine (C=N–C) groups is 1. The second kappa shape index (κ2) is 8.03. The summed E-state index contributed by atoms with van der Waals surface area (Å²) >= 11 is 1.33. The SMILES string of the molecule is C=C1OC(=O)N(Cc2nnc(C)s2)C1=N/C(=C\C)c1ccc(OC(F)(F)F)cc1. The van der Waals surface area contributed by atoms with E-state index >= 15 is 0 Å². The molecule has 1 amide bonds. The third-order valence-electron chi connectivity index (χ3n) is 3.68. The number of hydrogen-bond donors (Lipinski definition) is 0. The highest BCUT2D eigenvalue weighted by molar-refractivity contribution is 7.11. The topological polar surface area (TPSA) is 76.9 Å². The first-order valence-corrected chi connectivity index (χ1v) is 9.06. The van der Waals surface area contributed by atoms with Crippen LogP contribution in [0.25, 0.3) is 5.70 Å². The average Bonchev–Trinajstić information content (AvgIpc) is 3.16. The van der Waals surface area contributed by atoms with Crippen molar-refractivity contribution in [2.24, 2.45) is 4.99 Å². The van der Waals surface area contributed by atoms with Crippen LogP contribution in [0, 0.1) is 6.92 Å². The Balaban J connectivity index is 1.86. The molecule has 7 nitrogen and oxygen atoms in total. The molecule has 1 aromatic heterocycles. The summed E-state index contributed by atoms with van der Waals surface area (Å²) in [6.45, 7) is 7.31. The van der Waals surface area contributed by atoms with Gasteiger partial charge in [-0.05, 0) is 38.1 Å². The van der Waals surface area contributed by atoms with E-state index in [1.807, 2.05) is 0 Å². The van der Waals surface area contributed by atoms with Gasteiger partial charge in [-0.1, -0.05) is 24.0 Å². The molecule has 152 valence electrons. The van der Waals surface area contributed by atoms with Gasteiger partial charge >= 0.3 is 12.5 Å². The Morgan fingerprint density at radius 3 is 2.59 bits per heavy atom. The molecule has 1 aliphatic rings. The van der Waals surface area contributed by atoms with Gasteiger partial charge in [-0.15, -0.1) is 23.4 Å². The van der Waals surface area contributed by atoms with Gasteiger partial charge in [0, 0.05) is 5.56 Å². The van der Waals surface area contributed by atoms with Crippen LogP contribution in [0.3, 0.4) is 0 Å². The van der Waals surface area contributed by atoms with Crippen LogP contribution in [0.15, 0.2) is 47.7 Å². The van der Waals surface area contributed by atoms with Gasteiger partial charge in [0.05, 0.1) is 12.2 Å². The minimum atomic E-state index is -4.77. The van der Waals surface area contributed by atoms with Crippen LogP contribution in [0.4, 0.5) is 18.0 Å². The first-order chi connectivity index (χ1) is 13.7. The Morgan fingerprint density at radius 2 is 2.03 bits per heavy atom. The highest BCUT2D eigenvalue weighted by Gasteiger charge is 2.34. The quantitative estimate of drug-likeness (QED) is 0.697. The number of allylic oxidation sites excluding steroid dienone is 1. The van der Waals surface area contributed by atoms with Gasteiger partial charge < -0.3 is 9.47 Å². The molecule has 1 fully saturated rings. The number of ether oxygens (including phenoxy) is 2. The van der Waals surface area contributed by atoms with Crippen molar-refractivity contribution in [1.82, 2.24) is 15.1 Å². The van der Waals surface area contributed by atoms with E-state index < -0.39 is 12.5 Å². The molecular weight excluding hydrogens is 409 g/mol. The highest BCUT2D eigenvalue weighted by atomic mass is 32.1. The third kappa shape index (κ3) is 4.99. The second-order valence-corrected chi connectivity index (χ2v) is 7.04. The van der Waals surface area contributed by atoms with Crippen LogP contribution in [-0.4, -0.2) is 33.4 Å². The van der Waals surface area contributed by atoms with Crippen LogP contribution < -0.4 is 4.74 Å². The van der Waals surface area contributed by atoms with Gasteiger partial charge in [-0.2, -0.15) is 0 Å². The monoisotopic (exact) mass is 424 g/mol. The molecule has 1 aliphatic heterocycles. The van der Waals surface area contributed by atoms with E-state index in [1.54, 1.807) is 19.9 Å². The van der Waals surface area contributed by atoms with Crippen molar-refractivity contribution in [3.05, 3.63) is 58.3 Å². The summed E-state index contributed by atoms with van der Waals surface area (Å²) in [7, 11) is 0. The first kappa shape index (κ1) is 20.5. The molecule has 0 unspecified atom stereocenters. The number of amides is 1. The number of rotatable bonds is 5. The molecule has 0 aliphatic carbocycles. The number of amidine groups is 1. The fourth-order valence-electron chi connectivity index (χ4n) is 2.48. The zero-order chi connectivity index (χ0) is 21.2. The number of nitrogens with zero attached hydrogens (tertiary/aromatic N) is 4. The minimum absolute atomic E-state index is 0.0626. The fourth-order valence-corrected chi connectivity index (χ4v) is 3.18. The van der Waals surface area contributed by atoms with Crippen molar-refractivity contribution < 1.29 is 27.4 Å². The van der Waals surface area contributed by atoms with E-state index in [0.717, 1.165) is 5.01 Å². The predicted molar refractivity (Wildman–Crippen MR) is 100 cm³/mol. The molecule has 0 radical (unpaired) electrons.